The molecule has 14 rings (SSSR count). The number of anilines is 4. The number of carbonyl (C=O) groups excluding carboxylic acids is 1. The number of nitrogens with zero attached hydrogens (tertiary/aromatic N) is 13. The van der Waals surface area contributed by atoms with Crippen LogP contribution >= 0.6 is 23.2 Å². The third-order valence-corrected chi connectivity index (χ3v) is 18.1. The fraction of sp³-hybridized carbons (Fsp3) is 0.271. The molecule has 8 heterocycles. The smallest absolute Gasteiger partial charge is 0.246 e. The molecule has 1 amide bonds. The summed E-state index contributed by atoms with van der Waals surface area (Å²) in [5.74, 6) is 4.24. The van der Waals surface area contributed by atoms with E-state index in [2.05, 4.69) is 117 Å². The van der Waals surface area contributed by atoms with Crippen LogP contribution in [0.5, 0.6) is 11.5 Å². The van der Waals surface area contributed by atoms with Crippen molar-refractivity contribution >= 4 is 96.3 Å². The van der Waals surface area contributed by atoms with E-state index in [9.17, 15) is 4.79 Å². The van der Waals surface area contributed by atoms with Gasteiger partial charge in [-0.25, -0.2) is 19.3 Å². The molecular weight excluding hydrogens is 1200 g/mol. The van der Waals surface area contributed by atoms with E-state index >= 15 is 0 Å². The van der Waals surface area contributed by atoms with Crippen LogP contribution in [0, 0.1) is 41.5 Å². The van der Waals surface area contributed by atoms with Gasteiger partial charge >= 0.3 is 0 Å². The number of aromatic amines is 2. The van der Waals surface area contributed by atoms with Crippen molar-refractivity contribution < 1.29 is 14.3 Å². The lowest BCUT2D eigenvalue weighted by atomic mass is 9.96. The number of ether oxygens (including phenoxy) is 2. The van der Waals surface area contributed by atoms with Gasteiger partial charge < -0.3 is 34.8 Å². The van der Waals surface area contributed by atoms with E-state index in [1.54, 1.807) is 4.90 Å². The molecule has 6 aromatic heterocycles. The molecule has 92 heavy (non-hydrogen) atoms. The fourth-order valence-electron chi connectivity index (χ4n) is 12.2. The van der Waals surface area contributed by atoms with Crippen molar-refractivity contribution in [3.8, 4) is 45.1 Å². The second-order valence-corrected chi connectivity index (χ2v) is 24.2. The van der Waals surface area contributed by atoms with Gasteiger partial charge in [0.05, 0.1) is 71.3 Å². The summed E-state index contributed by atoms with van der Waals surface area (Å²) in [7, 11) is 0. The van der Waals surface area contributed by atoms with Crippen molar-refractivity contribution in [2.75, 3.05) is 86.0 Å². The van der Waals surface area contributed by atoms with Gasteiger partial charge in [0, 0.05) is 93.4 Å². The summed E-state index contributed by atoms with van der Waals surface area (Å²) in [6.45, 7) is 22.3. The number of rotatable bonds is 17. The number of hydrogen-bond donors (Lipinski definition) is 4. The van der Waals surface area contributed by atoms with Crippen LogP contribution in [0.15, 0.2) is 135 Å². The molecule has 4 N–H and O–H groups in total. The Bertz CT molecular complexity index is 4700. The molecule has 2 fully saturated rings. The van der Waals surface area contributed by atoms with Gasteiger partial charge in [0.2, 0.25) is 17.8 Å². The Labute approximate surface area is 542 Å². The third kappa shape index (κ3) is 12.5. The largest absolute Gasteiger partial charge is 0.492 e. The summed E-state index contributed by atoms with van der Waals surface area (Å²) in [5.41, 5.74) is 16.2. The van der Waals surface area contributed by atoms with Crippen LogP contribution in [0.1, 0.15) is 52.9 Å². The number of H-pyrrole nitrogens is 2. The minimum atomic E-state index is -0.0673. The molecule has 0 unspecified atom stereocenters. The monoisotopic (exact) mass is 1270 g/mol. The average Bonchev–Trinajstić information content (AvgIpc) is 1.26. The first-order valence-electron chi connectivity index (χ1n) is 31.0. The molecule has 0 radical (unpaired) electrons. The van der Waals surface area contributed by atoms with Crippen LogP contribution < -0.4 is 29.9 Å². The van der Waals surface area contributed by atoms with Crippen molar-refractivity contribution in [2.45, 2.75) is 60.8 Å². The van der Waals surface area contributed by atoms with Crippen LogP contribution in [0.4, 0.5) is 23.5 Å². The molecule has 12 aromatic rings. The predicted molar refractivity (Wildman–Crippen MR) is 368 cm³/mol. The normalized spacial score (nSPS) is 13.5. The van der Waals surface area contributed by atoms with Crippen LogP contribution in [0.25, 0.3) is 77.2 Å². The minimum Gasteiger partial charge on any atom is -0.492 e. The summed E-state index contributed by atoms with van der Waals surface area (Å²) >= 11 is 14.0. The quantitative estimate of drug-likeness (QED) is 0.0493. The second-order valence-electron chi connectivity index (χ2n) is 23.4. The van der Waals surface area contributed by atoms with E-state index in [0.717, 1.165) is 154 Å². The van der Waals surface area contributed by atoms with Gasteiger partial charge in [0.15, 0.2) is 0 Å². The number of nitrogens with one attached hydrogen (secondary N) is 4. The highest BCUT2D eigenvalue weighted by Crippen LogP contribution is 2.42. The minimum absolute atomic E-state index is 0.0673. The molecule has 22 heteroatoms. The number of hydrogen-bond acceptors (Lipinski definition) is 15. The second kappa shape index (κ2) is 26.4. The van der Waals surface area contributed by atoms with Gasteiger partial charge in [-0.3, -0.25) is 15.0 Å². The molecule has 0 atom stereocenters. The van der Waals surface area contributed by atoms with Gasteiger partial charge in [0.1, 0.15) is 36.3 Å². The maximum Gasteiger partial charge on any atom is 0.246 e. The van der Waals surface area contributed by atoms with Crippen LogP contribution in [-0.2, 0) is 4.79 Å². The molecule has 468 valence electrons. The van der Waals surface area contributed by atoms with Gasteiger partial charge in [-0.2, -0.15) is 30.4 Å². The number of piperidine rings is 1. The molecule has 0 saturated carbocycles. The number of halogens is 2. The fourth-order valence-corrected chi connectivity index (χ4v) is 12.7. The summed E-state index contributed by atoms with van der Waals surface area (Å²) < 4.78 is 15.9. The number of carbonyl (C=O) groups is 1. The molecule has 20 nitrogen and oxygen atoms in total. The number of piperazine rings is 1. The maximum atomic E-state index is 12.3. The highest BCUT2D eigenvalue weighted by atomic mass is 35.5. The average molecular weight is 1270 g/mol. The van der Waals surface area contributed by atoms with Gasteiger partial charge in [-0.1, -0.05) is 41.9 Å². The lowest BCUT2D eigenvalue weighted by molar-refractivity contribution is -0.126. The molecule has 0 spiro atoms. The molecule has 2 aliphatic heterocycles. The lowest BCUT2D eigenvalue weighted by Crippen LogP contribution is -2.48. The molecule has 2 aliphatic rings. The Morgan fingerprint density at radius 3 is 1.40 bits per heavy atom. The highest BCUT2D eigenvalue weighted by molar-refractivity contribution is 6.35. The first-order chi connectivity index (χ1) is 44.8. The van der Waals surface area contributed by atoms with Crippen LogP contribution in [0.2, 0.25) is 10.0 Å². The summed E-state index contributed by atoms with van der Waals surface area (Å²) in [6.07, 6.45) is 12.3. The zero-order valence-electron chi connectivity index (χ0n) is 52.3. The number of benzene rings is 6. The molecule has 6 aromatic carbocycles. The Morgan fingerprint density at radius 1 is 0.533 bits per heavy atom. The van der Waals surface area contributed by atoms with Crippen molar-refractivity contribution in [2.24, 2.45) is 0 Å². The zero-order chi connectivity index (χ0) is 63.6. The Balaban J connectivity index is 0.000000169. The van der Waals surface area contributed by atoms with E-state index in [1.165, 1.54) is 18.1 Å². The summed E-state index contributed by atoms with van der Waals surface area (Å²) in [5, 5.41) is 35.5. The summed E-state index contributed by atoms with van der Waals surface area (Å²) in [4.78, 5) is 38.4. The van der Waals surface area contributed by atoms with Gasteiger partial charge in [-0.05, 0) is 185 Å². The number of aromatic nitrogens is 12. The van der Waals surface area contributed by atoms with Crippen LogP contribution in [0.3, 0.4) is 0 Å². The van der Waals surface area contributed by atoms with Crippen molar-refractivity contribution in [3.63, 3.8) is 0 Å². The maximum absolute atomic E-state index is 12.3. The Hall–Kier alpha value is -10.1. The lowest BCUT2D eigenvalue weighted by Gasteiger charge is -2.35. The summed E-state index contributed by atoms with van der Waals surface area (Å²) in [6, 6.07) is 32.2. The topological polar surface area (TPSA) is 214 Å². The number of fused-ring (bicyclic) bond motifs is 4. The SMILES string of the molecule is C=CC(=O)N1CCN(c2nc(NCCOc3ccc(-n4ncc(C)c4C)cc3)nc3cc(-c4c(C)ccc5[nH]ncc45)c(Cl)cc23)CC1.Cc1ccc2[nH]ncc2c1-c1cc2nc(NCCOc3ccc(-n4ncc(C)c4C)cc3)nc(N3CCCCC3)c2cc1Cl. The van der Waals surface area contributed by atoms with Gasteiger partial charge in [0.25, 0.3) is 0 Å². The number of amides is 1. The van der Waals surface area contributed by atoms with E-state index in [-0.39, 0.29) is 5.91 Å². The van der Waals surface area contributed by atoms with Crippen molar-refractivity contribution in [1.82, 2.24) is 64.8 Å². The van der Waals surface area contributed by atoms with E-state index in [1.807, 2.05) is 113 Å². The van der Waals surface area contributed by atoms with Crippen molar-refractivity contribution in [3.05, 3.63) is 178 Å². The highest BCUT2D eigenvalue weighted by Gasteiger charge is 2.26. The molecule has 2 saturated heterocycles. The standard InChI is InChI=1S/C36H36ClN9O2.C34H35ClN8O/c1-5-33(47)44-13-15-45(16-14-44)35-28-18-30(37)27(34-22(2)6-11-31-29(34)21-39-43-31)19-32(28)41-36(42-35)38-12-17-48-26-9-7-25(8-10-26)46-24(4)23(3)20-40-46;1-21-7-12-30-28(20-37-41-30)32(21)26-18-31-27(17-29(26)35)33(42-14-5-4-6-15-42)40-34(39-31)36-13-16-44-25-10-8-24(9-11-25)43-23(3)22(2)19-38-43/h5-11,18-21H,1,12-17H2,2-4H3,(H,39,43)(H,38,41,42);7-12,17-20H,4-6,13-16H2,1-3H3,(H,37,41)(H,36,39,40). The first-order valence-corrected chi connectivity index (χ1v) is 31.8. The Kier molecular flexibility index (Phi) is 17.5. The first kappa shape index (κ1) is 60.8. The van der Waals surface area contributed by atoms with E-state index in [0.29, 0.717) is 74.4 Å². The molecule has 0 aliphatic carbocycles. The van der Waals surface area contributed by atoms with Gasteiger partial charge in [-0.15, -0.1) is 0 Å². The number of aryl methyl sites for hydroxylation is 4. The predicted octanol–water partition coefficient (Wildman–Crippen LogP) is 13.7. The van der Waals surface area contributed by atoms with E-state index < -0.39 is 0 Å². The zero-order valence-corrected chi connectivity index (χ0v) is 53.8. The molecular formula is C70H71Cl2N17O3. The van der Waals surface area contributed by atoms with E-state index in [4.69, 9.17) is 52.6 Å². The molecule has 0 bridgehead atoms. The van der Waals surface area contributed by atoms with Crippen LogP contribution in [-0.4, -0.2) is 136 Å². The third-order valence-electron chi connectivity index (χ3n) is 17.4. The Morgan fingerprint density at radius 2 is 0.978 bits per heavy atom. The van der Waals surface area contributed by atoms with Crippen molar-refractivity contribution in [1.29, 1.82) is 0 Å².